The SMILES string of the molecule is CNC(C)c1nnc(-c2ccccc2Nc2ccc(C(F)(F)F)cc2)o1. The summed E-state index contributed by atoms with van der Waals surface area (Å²) in [6.45, 7) is 1.89. The van der Waals surface area contributed by atoms with Gasteiger partial charge >= 0.3 is 6.18 Å². The first-order chi connectivity index (χ1) is 12.4. The Bertz CT molecular complexity index is 875. The molecule has 26 heavy (non-hydrogen) atoms. The first-order valence-corrected chi connectivity index (χ1v) is 7.93. The van der Waals surface area contributed by atoms with Crippen molar-refractivity contribution in [3.8, 4) is 11.5 Å². The molecular weight excluding hydrogens is 345 g/mol. The minimum Gasteiger partial charge on any atom is -0.419 e. The number of nitrogens with zero attached hydrogens (tertiary/aromatic N) is 2. The topological polar surface area (TPSA) is 63.0 Å². The van der Waals surface area contributed by atoms with Crippen molar-refractivity contribution < 1.29 is 17.6 Å². The third-order valence-electron chi connectivity index (χ3n) is 3.89. The molecule has 1 aromatic heterocycles. The van der Waals surface area contributed by atoms with Crippen molar-refractivity contribution in [2.45, 2.75) is 19.1 Å². The minimum atomic E-state index is -4.36. The standard InChI is InChI=1S/C18H17F3N4O/c1-11(22-2)16-24-25-17(26-16)14-5-3-4-6-15(14)23-13-9-7-12(8-10-13)18(19,20)21/h3-11,22-23H,1-2H3. The van der Waals surface area contributed by atoms with Crippen molar-refractivity contribution in [1.82, 2.24) is 15.5 Å². The van der Waals surface area contributed by atoms with Gasteiger partial charge in [0, 0.05) is 5.69 Å². The highest BCUT2D eigenvalue weighted by Gasteiger charge is 2.30. The number of alkyl halides is 3. The van der Waals surface area contributed by atoms with Gasteiger partial charge < -0.3 is 15.1 Å². The molecule has 0 aliphatic heterocycles. The summed E-state index contributed by atoms with van der Waals surface area (Å²) in [6.07, 6.45) is -4.36. The van der Waals surface area contributed by atoms with Crippen molar-refractivity contribution in [1.29, 1.82) is 0 Å². The average molecular weight is 362 g/mol. The van der Waals surface area contributed by atoms with Gasteiger partial charge in [0.2, 0.25) is 11.8 Å². The lowest BCUT2D eigenvalue weighted by Crippen LogP contribution is -2.12. The van der Waals surface area contributed by atoms with Crippen molar-refractivity contribution in [3.63, 3.8) is 0 Å². The first kappa shape index (κ1) is 17.9. The van der Waals surface area contributed by atoms with Crippen LogP contribution in [0, 0.1) is 0 Å². The van der Waals surface area contributed by atoms with E-state index in [2.05, 4.69) is 20.8 Å². The van der Waals surface area contributed by atoms with Crippen molar-refractivity contribution in [2.75, 3.05) is 12.4 Å². The van der Waals surface area contributed by atoms with Crippen LogP contribution in [0.1, 0.15) is 24.4 Å². The van der Waals surface area contributed by atoms with Crippen LogP contribution >= 0.6 is 0 Å². The lowest BCUT2D eigenvalue weighted by Gasteiger charge is -2.11. The predicted molar refractivity (Wildman–Crippen MR) is 91.9 cm³/mol. The Morgan fingerprint density at radius 3 is 2.35 bits per heavy atom. The Morgan fingerprint density at radius 1 is 1.00 bits per heavy atom. The Balaban J connectivity index is 1.87. The molecule has 1 atom stereocenters. The number of aromatic nitrogens is 2. The third kappa shape index (κ3) is 3.85. The highest BCUT2D eigenvalue weighted by Crippen LogP contribution is 2.33. The molecule has 0 bridgehead atoms. The fraction of sp³-hybridized carbons (Fsp3) is 0.222. The fourth-order valence-electron chi connectivity index (χ4n) is 2.32. The van der Waals surface area contributed by atoms with Gasteiger partial charge in [-0.3, -0.25) is 0 Å². The maximum Gasteiger partial charge on any atom is 0.416 e. The van der Waals surface area contributed by atoms with Gasteiger partial charge in [0.15, 0.2) is 0 Å². The maximum absolute atomic E-state index is 12.7. The summed E-state index contributed by atoms with van der Waals surface area (Å²) in [4.78, 5) is 0. The summed E-state index contributed by atoms with van der Waals surface area (Å²) >= 11 is 0. The molecule has 0 saturated carbocycles. The minimum absolute atomic E-state index is 0.0914. The molecule has 2 N–H and O–H groups in total. The molecule has 0 amide bonds. The molecule has 0 spiro atoms. The molecule has 3 rings (SSSR count). The van der Waals surface area contributed by atoms with E-state index < -0.39 is 11.7 Å². The van der Waals surface area contributed by atoms with Crippen LogP contribution in [0.4, 0.5) is 24.5 Å². The molecule has 2 aromatic carbocycles. The highest BCUT2D eigenvalue weighted by molar-refractivity contribution is 5.76. The third-order valence-corrected chi connectivity index (χ3v) is 3.89. The molecule has 1 heterocycles. The van der Waals surface area contributed by atoms with Gasteiger partial charge in [-0.1, -0.05) is 12.1 Å². The normalized spacial score (nSPS) is 12.8. The second-order valence-electron chi connectivity index (χ2n) is 5.70. The summed E-state index contributed by atoms with van der Waals surface area (Å²) in [6, 6.07) is 11.9. The van der Waals surface area contributed by atoms with Crippen LogP contribution in [0.3, 0.4) is 0 Å². The van der Waals surface area contributed by atoms with Crippen molar-refractivity contribution in [2.24, 2.45) is 0 Å². The van der Waals surface area contributed by atoms with E-state index in [-0.39, 0.29) is 6.04 Å². The van der Waals surface area contributed by atoms with Gasteiger partial charge in [0.25, 0.3) is 0 Å². The van der Waals surface area contributed by atoms with E-state index in [4.69, 9.17) is 4.42 Å². The molecule has 136 valence electrons. The first-order valence-electron chi connectivity index (χ1n) is 7.93. The summed E-state index contributed by atoms with van der Waals surface area (Å²) in [7, 11) is 1.79. The highest BCUT2D eigenvalue weighted by atomic mass is 19.4. The van der Waals surface area contributed by atoms with Gasteiger partial charge in [0.1, 0.15) is 0 Å². The van der Waals surface area contributed by atoms with E-state index in [1.807, 2.05) is 19.1 Å². The quantitative estimate of drug-likeness (QED) is 0.684. The van der Waals surface area contributed by atoms with Gasteiger partial charge in [-0.15, -0.1) is 10.2 Å². The number of anilines is 2. The van der Waals surface area contributed by atoms with Gasteiger partial charge in [-0.2, -0.15) is 13.2 Å². The zero-order valence-corrected chi connectivity index (χ0v) is 14.1. The predicted octanol–water partition coefficient (Wildman–Crippen LogP) is 4.78. The van der Waals surface area contributed by atoms with Gasteiger partial charge in [0.05, 0.1) is 22.9 Å². The lowest BCUT2D eigenvalue weighted by atomic mass is 10.1. The van der Waals surface area contributed by atoms with Crippen LogP contribution in [-0.2, 0) is 6.18 Å². The second kappa shape index (κ2) is 7.17. The van der Waals surface area contributed by atoms with Crippen molar-refractivity contribution in [3.05, 3.63) is 60.0 Å². The van der Waals surface area contributed by atoms with Crippen LogP contribution < -0.4 is 10.6 Å². The Kier molecular flexibility index (Phi) is 4.94. The summed E-state index contributed by atoms with van der Waals surface area (Å²) in [5, 5.41) is 14.2. The van der Waals surface area contributed by atoms with Crippen LogP contribution in [0.5, 0.6) is 0 Å². The summed E-state index contributed by atoms with van der Waals surface area (Å²) in [5.74, 6) is 0.781. The average Bonchev–Trinajstić information content (AvgIpc) is 3.11. The van der Waals surface area contributed by atoms with E-state index in [0.717, 1.165) is 12.1 Å². The largest absolute Gasteiger partial charge is 0.419 e. The molecule has 0 fully saturated rings. The van der Waals surface area contributed by atoms with E-state index in [1.54, 1.807) is 19.2 Å². The molecular formula is C18H17F3N4O. The Hall–Kier alpha value is -2.87. The van der Waals surface area contributed by atoms with Gasteiger partial charge in [-0.25, -0.2) is 0 Å². The number of rotatable bonds is 5. The zero-order valence-electron chi connectivity index (χ0n) is 14.1. The Morgan fingerprint density at radius 2 is 1.69 bits per heavy atom. The van der Waals surface area contributed by atoms with Crippen molar-refractivity contribution >= 4 is 11.4 Å². The molecule has 5 nitrogen and oxygen atoms in total. The smallest absolute Gasteiger partial charge is 0.416 e. The Labute approximate surface area is 148 Å². The molecule has 0 saturated heterocycles. The maximum atomic E-state index is 12.7. The monoisotopic (exact) mass is 362 g/mol. The van der Waals surface area contributed by atoms with E-state index in [1.165, 1.54) is 12.1 Å². The van der Waals surface area contributed by atoms with E-state index >= 15 is 0 Å². The number of benzene rings is 2. The molecule has 1 unspecified atom stereocenters. The number of nitrogens with one attached hydrogen (secondary N) is 2. The number of para-hydroxylation sites is 1. The van der Waals surface area contributed by atoms with Crippen LogP contribution in [-0.4, -0.2) is 17.2 Å². The second-order valence-corrected chi connectivity index (χ2v) is 5.70. The number of hydrogen-bond donors (Lipinski definition) is 2. The molecule has 0 aliphatic rings. The molecule has 0 radical (unpaired) electrons. The number of hydrogen-bond acceptors (Lipinski definition) is 5. The lowest BCUT2D eigenvalue weighted by molar-refractivity contribution is -0.137. The fourth-order valence-corrected chi connectivity index (χ4v) is 2.32. The molecule has 8 heteroatoms. The summed E-state index contributed by atoms with van der Waals surface area (Å²) < 4.78 is 43.7. The van der Waals surface area contributed by atoms with E-state index in [0.29, 0.717) is 28.7 Å². The van der Waals surface area contributed by atoms with E-state index in [9.17, 15) is 13.2 Å². The number of halogens is 3. The van der Waals surface area contributed by atoms with Crippen LogP contribution in [0.15, 0.2) is 52.9 Å². The summed E-state index contributed by atoms with van der Waals surface area (Å²) in [5.41, 5.74) is 1.14. The van der Waals surface area contributed by atoms with Crippen LogP contribution in [0.2, 0.25) is 0 Å². The molecule has 3 aromatic rings. The molecule has 0 aliphatic carbocycles. The van der Waals surface area contributed by atoms with Crippen LogP contribution in [0.25, 0.3) is 11.5 Å². The van der Waals surface area contributed by atoms with Gasteiger partial charge in [-0.05, 0) is 50.4 Å². The zero-order chi connectivity index (χ0) is 18.7.